The van der Waals surface area contributed by atoms with Crippen LogP contribution >= 0.6 is 0 Å². The average molecular weight is 220 g/mol. The first-order valence-corrected chi connectivity index (χ1v) is 7.09. The molecule has 2 unspecified atom stereocenters. The molecule has 0 aliphatic heterocycles. The summed E-state index contributed by atoms with van der Waals surface area (Å²) in [5, 5.41) is 0. The van der Waals surface area contributed by atoms with Gasteiger partial charge in [0.25, 0.3) is 0 Å². The summed E-state index contributed by atoms with van der Waals surface area (Å²) in [6, 6.07) is 0. The van der Waals surface area contributed by atoms with E-state index in [4.69, 9.17) is 0 Å². The fraction of sp³-hybridized carbons (Fsp3) is 0.933. The zero-order valence-corrected chi connectivity index (χ0v) is 10.7. The maximum Gasteiger partial charge on any atom is 0.139 e. The molecular weight excluding hydrogens is 196 g/mol. The number of ketones is 1. The molecule has 4 bridgehead atoms. The molecule has 4 aliphatic carbocycles. The third-order valence-corrected chi connectivity index (χ3v) is 5.42. The van der Waals surface area contributed by atoms with Gasteiger partial charge in [0.05, 0.1) is 0 Å². The van der Waals surface area contributed by atoms with Gasteiger partial charge in [-0.15, -0.1) is 0 Å². The van der Waals surface area contributed by atoms with E-state index in [2.05, 4.69) is 13.8 Å². The van der Waals surface area contributed by atoms with Crippen LogP contribution in [0, 0.1) is 22.7 Å². The minimum Gasteiger partial charge on any atom is -0.299 e. The van der Waals surface area contributed by atoms with Gasteiger partial charge >= 0.3 is 0 Å². The standard InChI is InChI=1S/C15H24O/c1-3-4-13(16)15-8-11-5-12(9-15)7-14(2,6-11)10-15/h11-12H,3-10H2,1-2H3. The number of carbonyl (C=O) groups is 1. The molecular formula is C15H24O. The van der Waals surface area contributed by atoms with Gasteiger partial charge < -0.3 is 0 Å². The number of rotatable bonds is 3. The van der Waals surface area contributed by atoms with Gasteiger partial charge in [-0.2, -0.15) is 0 Å². The second-order valence-corrected chi connectivity index (χ2v) is 7.23. The minimum absolute atomic E-state index is 0.134. The highest BCUT2D eigenvalue weighted by Gasteiger charge is 2.58. The molecule has 4 aliphatic rings. The van der Waals surface area contributed by atoms with E-state index in [-0.39, 0.29) is 5.41 Å². The Kier molecular flexibility index (Phi) is 2.25. The second kappa shape index (κ2) is 3.34. The molecule has 0 aromatic carbocycles. The van der Waals surface area contributed by atoms with Crippen molar-refractivity contribution in [3.05, 3.63) is 0 Å². The van der Waals surface area contributed by atoms with Gasteiger partial charge in [0.2, 0.25) is 0 Å². The van der Waals surface area contributed by atoms with Crippen LogP contribution in [0.3, 0.4) is 0 Å². The molecule has 0 aromatic rings. The maximum atomic E-state index is 12.4. The summed E-state index contributed by atoms with van der Waals surface area (Å²) < 4.78 is 0. The van der Waals surface area contributed by atoms with E-state index >= 15 is 0 Å². The van der Waals surface area contributed by atoms with E-state index in [0.717, 1.165) is 24.7 Å². The van der Waals surface area contributed by atoms with Crippen LogP contribution in [0.1, 0.15) is 65.2 Å². The summed E-state index contributed by atoms with van der Waals surface area (Å²) in [7, 11) is 0. The Morgan fingerprint density at radius 1 is 1.19 bits per heavy atom. The van der Waals surface area contributed by atoms with Gasteiger partial charge in [0.1, 0.15) is 5.78 Å². The Hall–Kier alpha value is -0.330. The van der Waals surface area contributed by atoms with E-state index in [0.29, 0.717) is 11.2 Å². The Balaban J connectivity index is 1.89. The smallest absolute Gasteiger partial charge is 0.139 e. The first-order valence-electron chi connectivity index (χ1n) is 7.09. The number of hydrogen-bond donors (Lipinski definition) is 0. The lowest BCUT2D eigenvalue weighted by atomic mass is 9.43. The van der Waals surface area contributed by atoms with Crippen molar-refractivity contribution in [2.75, 3.05) is 0 Å². The first-order chi connectivity index (χ1) is 7.55. The molecule has 0 saturated heterocycles. The molecule has 0 amide bonds. The lowest BCUT2D eigenvalue weighted by Crippen LogP contribution is -2.53. The van der Waals surface area contributed by atoms with E-state index < -0.39 is 0 Å². The van der Waals surface area contributed by atoms with Crippen LogP contribution in [-0.4, -0.2) is 5.78 Å². The molecule has 0 radical (unpaired) electrons. The highest BCUT2D eigenvalue weighted by Crippen LogP contribution is 2.65. The Labute approximate surface area is 99.0 Å². The molecule has 4 saturated carbocycles. The Morgan fingerprint density at radius 2 is 1.81 bits per heavy atom. The monoisotopic (exact) mass is 220 g/mol. The summed E-state index contributed by atoms with van der Waals surface area (Å²) in [6.45, 7) is 4.58. The van der Waals surface area contributed by atoms with E-state index in [1.54, 1.807) is 0 Å². The zero-order valence-electron chi connectivity index (χ0n) is 10.7. The molecule has 90 valence electrons. The lowest BCUT2D eigenvalue weighted by molar-refractivity contribution is -0.153. The van der Waals surface area contributed by atoms with Gasteiger partial charge in [-0.1, -0.05) is 13.8 Å². The number of carbonyl (C=O) groups excluding carboxylic acids is 1. The summed E-state index contributed by atoms with van der Waals surface area (Å²) >= 11 is 0. The van der Waals surface area contributed by atoms with Crippen molar-refractivity contribution in [3.63, 3.8) is 0 Å². The van der Waals surface area contributed by atoms with Crippen molar-refractivity contribution in [1.29, 1.82) is 0 Å². The summed E-state index contributed by atoms with van der Waals surface area (Å²) in [5.74, 6) is 2.37. The van der Waals surface area contributed by atoms with Crippen LogP contribution in [0.4, 0.5) is 0 Å². The molecule has 0 N–H and O–H groups in total. The van der Waals surface area contributed by atoms with Gasteiger partial charge in [-0.05, 0) is 62.2 Å². The highest BCUT2D eigenvalue weighted by molar-refractivity contribution is 5.85. The van der Waals surface area contributed by atoms with Crippen LogP contribution in [-0.2, 0) is 4.79 Å². The van der Waals surface area contributed by atoms with Crippen molar-refractivity contribution in [3.8, 4) is 0 Å². The van der Waals surface area contributed by atoms with Crippen molar-refractivity contribution in [1.82, 2.24) is 0 Å². The molecule has 4 rings (SSSR count). The van der Waals surface area contributed by atoms with Crippen molar-refractivity contribution in [2.45, 2.75) is 65.2 Å². The molecule has 2 atom stereocenters. The van der Waals surface area contributed by atoms with Crippen LogP contribution < -0.4 is 0 Å². The summed E-state index contributed by atoms with van der Waals surface area (Å²) in [6.07, 6.45) is 9.79. The van der Waals surface area contributed by atoms with Crippen molar-refractivity contribution in [2.24, 2.45) is 22.7 Å². The van der Waals surface area contributed by atoms with Crippen molar-refractivity contribution >= 4 is 5.78 Å². The minimum atomic E-state index is 0.134. The number of hydrogen-bond acceptors (Lipinski definition) is 1. The van der Waals surface area contributed by atoms with Crippen LogP contribution in [0.25, 0.3) is 0 Å². The normalized spacial score (nSPS) is 49.6. The fourth-order valence-electron chi connectivity index (χ4n) is 5.54. The molecule has 16 heavy (non-hydrogen) atoms. The van der Waals surface area contributed by atoms with E-state index in [9.17, 15) is 4.79 Å². The van der Waals surface area contributed by atoms with Crippen molar-refractivity contribution < 1.29 is 4.79 Å². The van der Waals surface area contributed by atoms with Gasteiger partial charge in [0.15, 0.2) is 0 Å². The molecule has 1 heteroatoms. The van der Waals surface area contributed by atoms with E-state index in [1.807, 2.05) is 0 Å². The van der Waals surface area contributed by atoms with Crippen LogP contribution in [0.5, 0.6) is 0 Å². The first kappa shape index (κ1) is 10.8. The second-order valence-electron chi connectivity index (χ2n) is 7.23. The Morgan fingerprint density at radius 3 is 2.31 bits per heavy atom. The molecule has 4 fully saturated rings. The number of Topliss-reactive ketones (excluding diaryl/α,β-unsaturated/α-hetero) is 1. The van der Waals surface area contributed by atoms with Gasteiger partial charge in [-0.3, -0.25) is 4.79 Å². The zero-order chi connectivity index (χ0) is 11.4. The topological polar surface area (TPSA) is 17.1 Å². The predicted molar refractivity (Wildman–Crippen MR) is 65.1 cm³/mol. The van der Waals surface area contributed by atoms with Crippen LogP contribution in [0.2, 0.25) is 0 Å². The highest BCUT2D eigenvalue weighted by atomic mass is 16.1. The third kappa shape index (κ3) is 1.47. The quantitative estimate of drug-likeness (QED) is 0.703. The predicted octanol–water partition coefficient (Wildman–Crippen LogP) is 3.96. The van der Waals surface area contributed by atoms with Crippen LogP contribution in [0.15, 0.2) is 0 Å². The average Bonchev–Trinajstić information content (AvgIpc) is 2.13. The third-order valence-electron chi connectivity index (χ3n) is 5.42. The Bertz CT molecular complexity index is 303. The maximum absolute atomic E-state index is 12.4. The summed E-state index contributed by atoms with van der Waals surface area (Å²) in [4.78, 5) is 12.4. The molecule has 0 heterocycles. The van der Waals surface area contributed by atoms with Gasteiger partial charge in [-0.25, -0.2) is 0 Å². The van der Waals surface area contributed by atoms with Gasteiger partial charge in [0, 0.05) is 11.8 Å². The molecule has 0 aromatic heterocycles. The molecule has 0 spiro atoms. The fourth-order valence-corrected chi connectivity index (χ4v) is 5.54. The van der Waals surface area contributed by atoms with E-state index in [1.165, 1.54) is 38.5 Å². The SMILES string of the molecule is CCCC(=O)C12CC3CC(CC(C)(C3)C1)C2. The molecule has 1 nitrogen and oxygen atoms in total. The lowest BCUT2D eigenvalue weighted by Gasteiger charge is -2.60. The largest absolute Gasteiger partial charge is 0.299 e. The summed E-state index contributed by atoms with van der Waals surface area (Å²) in [5.41, 5.74) is 0.655.